The van der Waals surface area contributed by atoms with Crippen molar-refractivity contribution in [3.63, 3.8) is 0 Å². The first-order valence-electron chi connectivity index (χ1n) is 4.34. The van der Waals surface area contributed by atoms with E-state index in [9.17, 15) is 4.39 Å². The van der Waals surface area contributed by atoms with Crippen LogP contribution in [0.25, 0.3) is 5.65 Å². The molecule has 0 aliphatic carbocycles. The molecule has 0 unspecified atom stereocenters. The Morgan fingerprint density at radius 3 is 2.92 bits per heavy atom. The Morgan fingerprint density at radius 1 is 1.46 bits per heavy atom. The summed E-state index contributed by atoms with van der Waals surface area (Å²) in [7, 11) is 0. The first kappa shape index (κ1) is 8.23. The van der Waals surface area contributed by atoms with Crippen molar-refractivity contribution >= 4 is 5.65 Å². The summed E-state index contributed by atoms with van der Waals surface area (Å²) in [4.78, 5) is 4.16. The molecule has 3 heteroatoms. The second kappa shape index (κ2) is 2.83. The third-order valence-corrected chi connectivity index (χ3v) is 2.06. The van der Waals surface area contributed by atoms with Gasteiger partial charge in [-0.2, -0.15) is 0 Å². The number of pyridine rings is 1. The van der Waals surface area contributed by atoms with Crippen molar-refractivity contribution in [3.05, 3.63) is 35.5 Å². The number of halogens is 1. The van der Waals surface area contributed by atoms with Gasteiger partial charge in [0, 0.05) is 12.4 Å². The van der Waals surface area contributed by atoms with Gasteiger partial charge in [0.05, 0.1) is 5.69 Å². The smallest absolute Gasteiger partial charge is 0.173 e. The second-order valence-electron chi connectivity index (χ2n) is 3.18. The van der Waals surface area contributed by atoms with E-state index in [1.165, 1.54) is 6.07 Å². The molecule has 0 saturated heterocycles. The van der Waals surface area contributed by atoms with Crippen molar-refractivity contribution in [1.82, 2.24) is 9.38 Å². The molecule has 0 N–H and O–H groups in total. The van der Waals surface area contributed by atoms with Gasteiger partial charge in [-0.15, -0.1) is 0 Å². The third kappa shape index (κ3) is 1.30. The Hall–Kier alpha value is -1.38. The highest BCUT2D eigenvalue weighted by Crippen LogP contribution is 2.12. The van der Waals surface area contributed by atoms with Crippen LogP contribution in [0.4, 0.5) is 4.39 Å². The summed E-state index contributed by atoms with van der Waals surface area (Å²) in [5.41, 5.74) is 2.25. The molecule has 0 aromatic carbocycles. The Labute approximate surface area is 76.0 Å². The van der Waals surface area contributed by atoms with Gasteiger partial charge in [-0.1, -0.05) is 6.92 Å². The summed E-state index contributed by atoms with van der Waals surface area (Å²) >= 11 is 0. The van der Waals surface area contributed by atoms with Crippen LogP contribution < -0.4 is 0 Å². The third-order valence-electron chi connectivity index (χ3n) is 2.06. The highest BCUT2D eigenvalue weighted by Gasteiger charge is 2.05. The summed E-state index contributed by atoms with van der Waals surface area (Å²) < 4.78 is 15.1. The zero-order valence-electron chi connectivity index (χ0n) is 7.71. The van der Waals surface area contributed by atoms with Crippen LogP contribution in [0.15, 0.2) is 18.5 Å². The Kier molecular flexibility index (Phi) is 1.79. The van der Waals surface area contributed by atoms with E-state index >= 15 is 0 Å². The quantitative estimate of drug-likeness (QED) is 0.655. The number of hydrogen-bond acceptors (Lipinski definition) is 1. The van der Waals surface area contributed by atoms with Crippen LogP contribution in [-0.2, 0) is 6.42 Å². The fourth-order valence-electron chi connectivity index (χ4n) is 1.41. The molecule has 2 aromatic rings. The van der Waals surface area contributed by atoms with Crippen molar-refractivity contribution in [3.8, 4) is 0 Å². The van der Waals surface area contributed by atoms with Crippen LogP contribution in [-0.4, -0.2) is 9.38 Å². The van der Waals surface area contributed by atoms with Gasteiger partial charge in [0.25, 0.3) is 0 Å². The molecule has 2 rings (SSSR count). The average molecular weight is 178 g/mol. The predicted molar refractivity (Wildman–Crippen MR) is 49.3 cm³/mol. The molecular weight excluding hydrogens is 167 g/mol. The lowest BCUT2D eigenvalue weighted by molar-refractivity contribution is 0.628. The Balaban J connectivity index is 2.75. The van der Waals surface area contributed by atoms with E-state index in [2.05, 4.69) is 4.98 Å². The van der Waals surface area contributed by atoms with E-state index in [1.807, 2.05) is 26.2 Å². The number of rotatable bonds is 1. The molecule has 0 spiro atoms. The molecule has 2 aromatic heterocycles. The largest absolute Gasteiger partial charge is 0.304 e. The SMILES string of the molecule is CCc1cn2cc(C)cc(F)c2n1. The lowest BCUT2D eigenvalue weighted by Gasteiger charge is -1.96. The molecule has 0 amide bonds. The van der Waals surface area contributed by atoms with Crippen LogP contribution in [0.3, 0.4) is 0 Å². The fourth-order valence-corrected chi connectivity index (χ4v) is 1.41. The van der Waals surface area contributed by atoms with Crippen LogP contribution in [0.5, 0.6) is 0 Å². The van der Waals surface area contributed by atoms with Crippen molar-refractivity contribution in [2.24, 2.45) is 0 Å². The van der Waals surface area contributed by atoms with Gasteiger partial charge in [0.2, 0.25) is 0 Å². The molecule has 0 fully saturated rings. The molecule has 0 radical (unpaired) electrons. The van der Waals surface area contributed by atoms with Crippen molar-refractivity contribution in [2.75, 3.05) is 0 Å². The zero-order chi connectivity index (χ0) is 9.42. The number of hydrogen-bond donors (Lipinski definition) is 0. The van der Waals surface area contributed by atoms with E-state index in [1.54, 1.807) is 4.40 Å². The molecule has 0 bridgehead atoms. The number of aromatic nitrogens is 2. The van der Waals surface area contributed by atoms with Gasteiger partial charge in [0.1, 0.15) is 0 Å². The molecule has 0 atom stereocenters. The van der Waals surface area contributed by atoms with Crippen LogP contribution >= 0.6 is 0 Å². The minimum atomic E-state index is -0.250. The number of imidazole rings is 1. The number of fused-ring (bicyclic) bond motifs is 1. The summed E-state index contributed by atoms with van der Waals surface area (Å²) in [5.74, 6) is -0.250. The highest BCUT2D eigenvalue weighted by atomic mass is 19.1. The molecule has 0 aliphatic heterocycles. The minimum Gasteiger partial charge on any atom is -0.304 e. The first-order valence-corrected chi connectivity index (χ1v) is 4.34. The van der Waals surface area contributed by atoms with Gasteiger partial charge >= 0.3 is 0 Å². The number of nitrogens with zero attached hydrogens (tertiary/aromatic N) is 2. The van der Waals surface area contributed by atoms with Crippen molar-refractivity contribution in [2.45, 2.75) is 20.3 Å². The summed E-state index contributed by atoms with van der Waals surface area (Å²) in [6.07, 6.45) is 4.58. The minimum absolute atomic E-state index is 0.250. The van der Waals surface area contributed by atoms with Crippen LogP contribution in [0.2, 0.25) is 0 Å². The molecular formula is C10H11FN2. The monoisotopic (exact) mass is 178 g/mol. The summed E-state index contributed by atoms with van der Waals surface area (Å²) in [6, 6.07) is 1.50. The van der Waals surface area contributed by atoms with E-state index < -0.39 is 0 Å². The van der Waals surface area contributed by atoms with E-state index in [0.717, 1.165) is 17.7 Å². The maximum Gasteiger partial charge on any atom is 0.173 e. The lowest BCUT2D eigenvalue weighted by atomic mass is 10.3. The normalized spacial score (nSPS) is 11.0. The van der Waals surface area contributed by atoms with Gasteiger partial charge in [-0.05, 0) is 25.0 Å². The molecule has 2 heterocycles. The fraction of sp³-hybridized carbons (Fsp3) is 0.300. The van der Waals surface area contributed by atoms with E-state index in [-0.39, 0.29) is 5.82 Å². The average Bonchev–Trinajstić information content (AvgIpc) is 2.47. The Morgan fingerprint density at radius 2 is 2.23 bits per heavy atom. The zero-order valence-corrected chi connectivity index (χ0v) is 7.71. The van der Waals surface area contributed by atoms with Gasteiger partial charge in [-0.3, -0.25) is 0 Å². The predicted octanol–water partition coefficient (Wildman–Crippen LogP) is 2.34. The second-order valence-corrected chi connectivity index (χ2v) is 3.18. The van der Waals surface area contributed by atoms with Gasteiger partial charge in [0.15, 0.2) is 11.5 Å². The van der Waals surface area contributed by atoms with Crippen molar-refractivity contribution in [1.29, 1.82) is 0 Å². The maximum atomic E-state index is 13.3. The lowest BCUT2D eigenvalue weighted by Crippen LogP contribution is -1.89. The highest BCUT2D eigenvalue weighted by molar-refractivity contribution is 5.43. The maximum absolute atomic E-state index is 13.3. The topological polar surface area (TPSA) is 17.3 Å². The number of aryl methyl sites for hydroxylation is 2. The molecule has 2 nitrogen and oxygen atoms in total. The van der Waals surface area contributed by atoms with E-state index in [4.69, 9.17) is 0 Å². The van der Waals surface area contributed by atoms with Gasteiger partial charge in [-0.25, -0.2) is 9.37 Å². The first-order chi connectivity index (χ1) is 6.20. The van der Waals surface area contributed by atoms with E-state index in [0.29, 0.717) is 5.65 Å². The van der Waals surface area contributed by atoms with Crippen LogP contribution in [0, 0.1) is 12.7 Å². The van der Waals surface area contributed by atoms with Crippen LogP contribution in [0.1, 0.15) is 18.2 Å². The summed E-state index contributed by atoms with van der Waals surface area (Å²) in [5, 5.41) is 0. The van der Waals surface area contributed by atoms with Gasteiger partial charge < -0.3 is 4.40 Å². The molecule has 0 aliphatic rings. The Bertz CT molecular complexity index is 445. The standard InChI is InChI=1S/C10H11FN2/c1-3-8-6-13-5-7(2)4-9(11)10(13)12-8/h4-6H,3H2,1-2H3. The van der Waals surface area contributed by atoms with Crippen molar-refractivity contribution < 1.29 is 4.39 Å². The molecule has 68 valence electrons. The molecule has 13 heavy (non-hydrogen) atoms. The molecule has 0 saturated carbocycles. The summed E-state index contributed by atoms with van der Waals surface area (Å²) in [6.45, 7) is 3.88.